The molecule has 0 bridgehead atoms. The number of carbonyl (C=O) groups excluding carboxylic acids is 2. The lowest BCUT2D eigenvalue weighted by atomic mass is 9.58. The largest absolute Gasteiger partial charge is 0.508 e. The lowest BCUT2D eigenvalue weighted by Crippen LogP contribution is -2.46. The van der Waals surface area contributed by atoms with Gasteiger partial charge in [-0.3, -0.25) is 14.5 Å². The van der Waals surface area contributed by atoms with Gasteiger partial charge in [0.05, 0.1) is 17.9 Å². The Bertz CT molecular complexity index is 985. The molecule has 4 rings (SSSR count). The molecule has 182 valence electrons. The first-order valence-electron chi connectivity index (χ1n) is 12.8. The molecule has 1 aromatic rings. The number of amides is 2. The van der Waals surface area contributed by atoms with Gasteiger partial charge in [-0.25, -0.2) is 0 Å². The first kappa shape index (κ1) is 24.7. The number of hydrogen-bond acceptors (Lipinski definition) is 5. The predicted octanol–water partition coefficient (Wildman–Crippen LogP) is 4.58. The van der Waals surface area contributed by atoms with Crippen molar-refractivity contribution in [3.8, 4) is 5.75 Å². The van der Waals surface area contributed by atoms with Gasteiger partial charge in [-0.05, 0) is 74.0 Å². The quantitative estimate of drug-likeness (QED) is 0.333. The Hall–Kier alpha value is -2.38. The topological polar surface area (TPSA) is 87.1 Å². The number of benzene rings is 1. The number of likely N-dealkylation sites (tertiary alicyclic amines) is 1. The van der Waals surface area contributed by atoms with Gasteiger partial charge in [0.1, 0.15) is 5.75 Å². The summed E-state index contributed by atoms with van der Waals surface area (Å²) in [6.45, 7) is 6.68. The summed E-state index contributed by atoms with van der Waals surface area (Å²) < 4.78 is 6.06. The standard InChI is InChI=1S/C27H36BNO5/c1-4-13-29-26(31)21-15-19(6-3)24-22(25(21)27(29)32)16-28(33)34-23(24)12-9-17(5-2)14-18-7-10-20(30)11-8-18/h7-8,10-11,14,21-23,25,30,33H,4-6,9,12-13,15-16H2,1-3H3/b17-14+/t21-,22+,23-,25-/m1/s1. The molecule has 1 aromatic carbocycles. The minimum atomic E-state index is -0.926. The van der Waals surface area contributed by atoms with Gasteiger partial charge in [-0.2, -0.15) is 0 Å². The minimum Gasteiger partial charge on any atom is -0.508 e. The third-order valence-corrected chi connectivity index (χ3v) is 7.72. The molecule has 0 saturated carbocycles. The third-order valence-electron chi connectivity index (χ3n) is 7.72. The summed E-state index contributed by atoms with van der Waals surface area (Å²) in [5, 5.41) is 20.1. The summed E-state index contributed by atoms with van der Waals surface area (Å²) in [6, 6.07) is 7.16. The van der Waals surface area contributed by atoms with Crippen molar-refractivity contribution < 1.29 is 24.4 Å². The molecule has 0 aromatic heterocycles. The van der Waals surface area contributed by atoms with Crippen LogP contribution in [0.5, 0.6) is 5.75 Å². The van der Waals surface area contributed by atoms with Crippen LogP contribution in [0.1, 0.15) is 64.9 Å². The molecule has 2 amide bonds. The molecule has 2 heterocycles. The van der Waals surface area contributed by atoms with E-state index in [1.807, 2.05) is 19.1 Å². The van der Waals surface area contributed by atoms with Crippen molar-refractivity contribution in [3.05, 3.63) is 46.5 Å². The summed E-state index contributed by atoms with van der Waals surface area (Å²) in [7, 11) is -0.926. The SMILES string of the molecule is CCCN1C(=O)[C@@H]2[C@@H](CC(CC)=C3[C@@H](CC/C(=C/c4ccc(O)cc4)CC)OB(O)C[C@@H]32)C1=O. The summed E-state index contributed by atoms with van der Waals surface area (Å²) in [5.74, 6) is -0.656. The average molecular weight is 465 g/mol. The molecular formula is C27H36BNO5. The Kier molecular flexibility index (Phi) is 7.63. The molecule has 2 N–H and O–H groups in total. The lowest BCUT2D eigenvalue weighted by Gasteiger charge is -2.43. The molecule has 0 spiro atoms. The van der Waals surface area contributed by atoms with Gasteiger partial charge in [0, 0.05) is 6.54 Å². The van der Waals surface area contributed by atoms with E-state index >= 15 is 0 Å². The van der Waals surface area contributed by atoms with Crippen molar-refractivity contribution in [3.63, 3.8) is 0 Å². The van der Waals surface area contributed by atoms with E-state index in [0.29, 0.717) is 19.3 Å². The highest BCUT2D eigenvalue weighted by atomic mass is 16.5. The molecule has 4 atom stereocenters. The van der Waals surface area contributed by atoms with Gasteiger partial charge in [-0.1, -0.05) is 50.1 Å². The Labute approximate surface area is 202 Å². The highest BCUT2D eigenvalue weighted by Gasteiger charge is 2.56. The number of allylic oxidation sites excluding steroid dienone is 2. The molecule has 7 heteroatoms. The van der Waals surface area contributed by atoms with Crippen LogP contribution in [-0.4, -0.2) is 46.6 Å². The van der Waals surface area contributed by atoms with Gasteiger partial charge >= 0.3 is 7.12 Å². The fourth-order valence-electron chi connectivity index (χ4n) is 6.09. The van der Waals surface area contributed by atoms with Crippen LogP contribution in [0.25, 0.3) is 6.08 Å². The second kappa shape index (κ2) is 10.5. The molecule has 34 heavy (non-hydrogen) atoms. The highest BCUT2D eigenvalue weighted by Crippen LogP contribution is 2.51. The first-order chi connectivity index (χ1) is 16.4. The number of nitrogens with zero attached hydrogens (tertiary/aromatic N) is 1. The number of phenolic OH excluding ortho intramolecular Hbond substituents is 1. The molecule has 6 nitrogen and oxygen atoms in total. The average Bonchev–Trinajstić information content (AvgIpc) is 3.07. The number of hydrogen-bond donors (Lipinski definition) is 2. The number of imide groups is 1. The van der Waals surface area contributed by atoms with E-state index in [4.69, 9.17) is 4.65 Å². The zero-order valence-corrected chi connectivity index (χ0v) is 20.5. The smallest absolute Gasteiger partial charge is 0.455 e. The van der Waals surface area contributed by atoms with Gasteiger partial charge in [0.2, 0.25) is 11.8 Å². The number of fused-ring (bicyclic) bond motifs is 3. The fraction of sp³-hybridized carbons (Fsp3) is 0.556. The van der Waals surface area contributed by atoms with Gasteiger partial charge in [0.25, 0.3) is 0 Å². The minimum absolute atomic E-state index is 0.0375. The van der Waals surface area contributed by atoms with Crippen molar-refractivity contribution in [2.45, 2.75) is 71.7 Å². The Morgan fingerprint density at radius 1 is 1.15 bits per heavy atom. The predicted molar refractivity (Wildman–Crippen MR) is 133 cm³/mol. The second-order valence-corrected chi connectivity index (χ2v) is 9.78. The van der Waals surface area contributed by atoms with Gasteiger partial charge in [-0.15, -0.1) is 0 Å². The molecule has 3 aliphatic rings. The van der Waals surface area contributed by atoms with Gasteiger partial charge < -0.3 is 14.8 Å². The van der Waals surface area contributed by atoms with E-state index in [1.165, 1.54) is 16.0 Å². The van der Waals surface area contributed by atoms with Crippen LogP contribution in [-0.2, 0) is 14.2 Å². The Morgan fingerprint density at radius 3 is 2.53 bits per heavy atom. The van der Waals surface area contributed by atoms with Crippen molar-refractivity contribution in [1.29, 1.82) is 0 Å². The summed E-state index contributed by atoms with van der Waals surface area (Å²) >= 11 is 0. The van der Waals surface area contributed by atoms with Crippen LogP contribution in [0, 0.1) is 17.8 Å². The molecule has 2 fully saturated rings. The van der Waals surface area contributed by atoms with Gasteiger partial charge in [0.15, 0.2) is 0 Å². The molecule has 2 saturated heterocycles. The number of carbonyl (C=O) groups is 2. The van der Waals surface area contributed by atoms with Crippen LogP contribution in [0.4, 0.5) is 0 Å². The van der Waals surface area contributed by atoms with E-state index < -0.39 is 7.12 Å². The van der Waals surface area contributed by atoms with E-state index in [9.17, 15) is 19.7 Å². The van der Waals surface area contributed by atoms with Crippen molar-refractivity contribution in [1.82, 2.24) is 4.90 Å². The van der Waals surface area contributed by atoms with E-state index in [-0.39, 0.29) is 41.4 Å². The maximum absolute atomic E-state index is 13.3. The highest BCUT2D eigenvalue weighted by molar-refractivity contribution is 6.43. The zero-order valence-electron chi connectivity index (χ0n) is 20.5. The first-order valence-corrected chi connectivity index (χ1v) is 12.8. The Morgan fingerprint density at radius 2 is 1.88 bits per heavy atom. The zero-order chi connectivity index (χ0) is 24.4. The molecule has 0 unspecified atom stereocenters. The van der Waals surface area contributed by atoms with Crippen LogP contribution in [0.15, 0.2) is 41.0 Å². The van der Waals surface area contributed by atoms with Crippen molar-refractivity contribution >= 4 is 25.0 Å². The lowest BCUT2D eigenvalue weighted by molar-refractivity contribution is -0.140. The summed E-state index contributed by atoms with van der Waals surface area (Å²) in [6.07, 6.45) is 6.90. The van der Waals surface area contributed by atoms with Crippen LogP contribution in [0.2, 0.25) is 6.32 Å². The maximum Gasteiger partial charge on any atom is 0.455 e. The van der Waals surface area contributed by atoms with Crippen LogP contribution < -0.4 is 0 Å². The molecule has 1 aliphatic carbocycles. The van der Waals surface area contributed by atoms with Crippen LogP contribution in [0.3, 0.4) is 0 Å². The molecular weight excluding hydrogens is 429 g/mol. The molecule has 0 radical (unpaired) electrons. The van der Waals surface area contributed by atoms with E-state index in [0.717, 1.165) is 43.2 Å². The second-order valence-electron chi connectivity index (χ2n) is 9.78. The van der Waals surface area contributed by atoms with Crippen molar-refractivity contribution in [2.24, 2.45) is 17.8 Å². The maximum atomic E-state index is 13.3. The van der Waals surface area contributed by atoms with E-state index in [1.54, 1.807) is 12.1 Å². The van der Waals surface area contributed by atoms with Crippen molar-refractivity contribution in [2.75, 3.05) is 6.54 Å². The number of rotatable bonds is 8. The van der Waals surface area contributed by atoms with E-state index in [2.05, 4.69) is 19.9 Å². The monoisotopic (exact) mass is 465 g/mol. The molecule has 2 aliphatic heterocycles. The summed E-state index contributed by atoms with van der Waals surface area (Å²) in [4.78, 5) is 27.8. The normalized spacial score (nSPS) is 27.4. The third kappa shape index (κ3) is 4.73. The number of aromatic hydroxyl groups is 1. The van der Waals surface area contributed by atoms with Crippen LogP contribution >= 0.6 is 0 Å². The number of phenols is 1. The summed E-state index contributed by atoms with van der Waals surface area (Å²) in [5.41, 5.74) is 4.69. The fourth-order valence-corrected chi connectivity index (χ4v) is 6.09. The Balaban J connectivity index is 1.58.